The number of hydrogen-bond acceptors (Lipinski definition) is 11. The average molecular weight is 782 g/mol. The molecule has 2 aliphatic rings. The van der Waals surface area contributed by atoms with Gasteiger partial charge in [-0.05, 0) is 86.7 Å². The molecule has 55 heavy (non-hydrogen) atoms. The number of amides is 1. The van der Waals surface area contributed by atoms with Crippen molar-refractivity contribution in [3.05, 3.63) is 77.6 Å². The number of rotatable bonds is 18. The first-order chi connectivity index (χ1) is 26.5. The maximum absolute atomic E-state index is 14.8. The second-order valence-electron chi connectivity index (χ2n) is 14.3. The summed E-state index contributed by atoms with van der Waals surface area (Å²) in [6.45, 7) is 6.18. The molecule has 298 valence electrons. The van der Waals surface area contributed by atoms with Gasteiger partial charge in [0.05, 0.1) is 50.6 Å². The number of benzene rings is 3. The van der Waals surface area contributed by atoms with E-state index in [1.165, 1.54) is 33.5 Å². The molecule has 2 unspecified atom stereocenters. The van der Waals surface area contributed by atoms with Crippen molar-refractivity contribution in [1.29, 1.82) is 0 Å². The summed E-state index contributed by atoms with van der Waals surface area (Å²) < 4.78 is 69.7. The predicted molar refractivity (Wildman–Crippen MR) is 208 cm³/mol. The summed E-state index contributed by atoms with van der Waals surface area (Å²) in [5, 5.41) is 3.69. The van der Waals surface area contributed by atoms with E-state index in [4.69, 9.17) is 28.1 Å². The van der Waals surface area contributed by atoms with Crippen molar-refractivity contribution in [2.24, 2.45) is 5.41 Å². The molecule has 0 aliphatic carbocycles. The number of imidazole rings is 1. The van der Waals surface area contributed by atoms with Gasteiger partial charge in [-0.1, -0.05) is 24.3 Å². The summed E-state index contributed by atoms with van der Waals surface area (Å²) in [6, 6.07) is 17.8. The van der Waals surface area contributed by atoms with E-state index in [0.29, 0.717) is 61.1 Å². The van der Waals surface area contributed by atoms with Crippen molar-refractivity contribution in [2.45, 2.75) is 57.8 Å². The van der Waals surface area contributed by atoms with Crippen LogP contribution in [-0.4, -0.2) is 113 Å². The Morgan fingerprint density at radius 2 is 1.64 bits per heavy atom. The fourth-order valence-corrected chi connectivity index (χ4v) is 8.56. The maximum atomic E-state index is 14.8. The number of fused-ring (bicyclic) bond motifs is 1. The van der Waals surface area contributed by atoms with Crippen LogP contribution in [0.4, 0.5) is 10.3 Å². The van der Waals surface area contributed by atoms with Gasteiger partial charge in [-0.25, -0.2) is 9.37 Å². The molecule has 1 amide bonds. The average Bonchev–Trinajstić information content (AvgIpc) is 3.63. The highest BCUT2D eigenvalue weighted by atomic mass is 32.2. The molecule has 6 rings (SSSR count). The molecule has 2 saturated heterocycles. The fourth-order valence-electron chi connectivity index (χ4n) is 7.89. The van der Waals surface area contributed by atoms with Crippen LogP contribution >= 0.6 is 0 Å². The molecular formula is C40H52FN5O8S. The molecule has 3 heterocycles. The standard InChI is InChI=1S/C40H52FN5O8S/c1-6-53-22-21-46-33-10-8-7-9-32(33)43-39(46)42-31-15-18-44(19-16-31)20-17-40(25-28-11-13-30(41)14-12-28)36(54-55(5,48)49)27-45(38(40)47)26-29-23-34(50-2)37(52-4)35(24-29)51-3/h7-14,23-24,31,36H,6,15-22,25-27H2,1-5H3,(H,42,43). The highest BCUT2D eigenvalue weighted by Crippen LogP contribution is 2.44. The normalized spacial score (nSPS) is 19.6. The van der Waals surface area contributed by atoms with Crippen LogP contribution in [0, 0.1) is 11.2 Å². The molecule has 13 nitrogen and oxygen atoms in total. The summed E-state index contributed by atoms with van der Waals surface area (Å²) in [7, 11) is 0.593. The molecule has 2 aliphatic heterocycles. The van der Waals surface area contributed by atoms with E-state index in [9.17, 15) is 17.6 Å². The number of halogens is 1. The number of carbonyl (C=O) groups is 1. The molecule has 0 bridgehead atoms. The van der Waals surface area contributed by atoms with Crippen molar-refractivity contribution in [3.8, 4) is 17.2 Å². The van der Waals surface area contributed by atoms with Crippen molar-refractivity contribution in [1.82, 2.24) is 19.4 Å². The first-order valence-electron chi connectivity index (χ1n) is 18.7. The Morgan fingerprint density at radius 1 is 0.945 bits per heavy atom. The number of nitrogens with zero attached hydrogens (tertiary/aromatic N) is 4. The van der Waals surface area contributed by atoms with E-state index < -0.39 is 27.5 Å². The summed E-state index contributed by atoms with van der Waals surface area (Å²) >= 11 is 0. The number of carbonyl (C=O) groups excluding carboxylic acids is 1. The molecule has 1 N–H and O–H groups in total. The summed E-state index contributed by atoms with van der Waals surface area (Å²) in [5.74, 6) is 1.48. The number of hydrogen-bond donors (Lipinski definition) is 1. The van der Waals surface area contributed by atoms with E-state index in [1.54, 1.807) is 29.2 Å². The lowest BCUT2D eigenvalue weighted by Crippen LogP contribution is -2.47. The van der Waals surface area contributed by atoms with Crippen LogP contribution in [0.1, 0.15) is 37.3 Å². The Bertz CT molecular complexity index is 2010. The first-order valence-corrected chi connectivity index (χ1v) is 20.5. The van der Waals surface area contributed by atoms with Gasteiger partial charge in [-0.3, -0.25) is 8.98 Å². The van der Waals surface area contributed by atoms with Crippen LogP contribution in [0.25, 0.3) is 11.0 Å². The van der Waals surface area contributed by atoms with Gasteiger partial charge in [-0.15, -0.1) is 0 Å². The zero-order chi connectivity index (χ0) is 39.2. The smallest absolute Gasteiger partial charge is 0.264 e. The third-order valence-corrected chi connectivity index (χ3v) is 11.2. The van der Waals surface area contributed by atoms with Crippen LogP contribution in [0.15, 0.2) is 60.7 Å². The number of methoxy groups -OCH3 is 3. The molecule has 4 aromatic rings. The zero-order valence-electron chi connectivity index (χ0n) is 32.3. The molecule has 0 radical (unpaired) electrons. The van der Waals surface area contributed by atoms with Gasteiger partial charge >= 0.3 is 0 Å². The lowest BCUT2D eigenvalue weighted by Gasteiger charge is -2.37. The molecule has 2 fully saturated rings. The number of aromatic nitrogens is 2. The highest BCUT2D eigenvalue weighted by Gasteiger charge is 2.55. The number of piperidine rings is 1. The van der Waals surface area contributed by atoms with E-state index in [0.717, 1.165) is 49.2 Å². The van der Waals surface area contributed by atoms with Crippen LogP contribution in [-0.2, 0) is 43.3 Å². The van der Waals surface area contributed by atoms with Gasteiger partial charge < -0.3 is 38.6 Å². The van der Waals surface area contributed by atoms with Gasteiger partial charge in [0.2, 0.25) is 17.6 Å². The van der Waals surface area contributed by atoms with Crippen molar-refractivity contribution in [3.63, 3.8) is 0 Å². The first kappa shape index (κ1) is 40.2. The molecule has 0 saturated carbocycles. The third-order valence-electron chi connectivity index (χ3n) is 10.7. The Balaban J connectivity index is 1.22. The summed E-state index contributed by atoms with van der Waals surface area (Å²) in [6.07, 6.45) is 2.24. The topological polar surface area (TPSA) is 134 Å². The maximum Gasteiger partial charge on any atom is 0.264 e. The number of likely N-dealkylation sites (tertiary alicyclic amines) is 2. The van der Waals surface area contributed by atoms with Crippen molar-refractivity contribution >= 4 is 33.0 Å². The zero-order valence-corrected chi connectivity index (χ0v) is 33.1. The minimum atomic E-state index is -3.96. The molecular weight excluding hydrogens is 730 g/mol. The van der Waals surface area contributed by atoms with Crippen LogP contribution < -0.4 is 19.5 Å². The number of nitrogens with one attached hydrogen (secondary N) is 1. The van der Waals surface area contributed by atoms with Crippen molar-refractivity contribution in [2.75, 3.05) is 72.3 Å². The van der Waals surface area contributed by atoms with Gasteiger partial charge in [0.1, 0.15) is 11.9 Å². The predicted octanol–water partition coefficient (Wildman–Crippen LogP) is 5.12. The monoisotopic (exact) mass is 781 g/mol. The second-order valence-corrected chi connectivity index (χ2v) is 15.9. The Kier molecular flexibility index (Phi) is 12.9. The van der Waals surface area contributed by atoms with E-state index in [2.05, 4.69) is 20.9 Å². The summed E-state index contributed by atoms with van der Waals surface area (Å²) in [5.41, 5.74) is 2.15. The highest BCUT2D eigenvalue weighted by molar-refractivity contribution is 7.86. The largest absolute Gasteiger partial charge is 0.493 e. The Labute approximate surface area is 322 Å². The van der Waals surface area contributed by atoms with E-state index in [-0.39, 0.29) is 31.5 Å². The Hall–Kier alpha value is -4.44. The third kappa shape index (κ3) is 9.34. The molecule has 0 spiro atoms. The quantitative estimate of drug-likeness (QED) is 0.107. The van der Waals surface area contributed by atoms with E-state index >= 15 is 0 Å². The van der Waals surface area contributed by atoms with Crippen LogP contribution in [0.2, 0.25) is 0 Å². The number of ether oxygens (including phenoxy) is 4. The van der Waals surface area contributed by atoms with Gasteiger partial charge in [0, 0.05) is 45.4 Å². The van der Waals surface area contributed by atoms with Gasteiger partial charge in [-0.2, -0.15) is 8.42 Å². The number of anilines is 1. The van der Waals surface area contributed by atoms with E-state index in [1.807, 2.05) is 25.1 Å². The molecule has 1 aromatic heterocycles. The molecule has 15 heteroatoms. The fraction of sp³-hybridized carbons (Fsp3) is 0.500. The lowest BCUT2D eigenvalue weighted by atomic mass is 9.75. The second kappa shape index (κ2) is 17.6. The van der Waals surface area contributed by atoms with Gasteiger partial charge in [0.15, 0.2) is 11.5 Å². The van der Waals surface area contributed by atoms with Crippen LogP contribution in [0.3, 0.4) is 0 Å². The molecule has 2 atom stereocenters. The Morgan fingerprint density at radius 3 is 2.27 bits per heavy atom. The molecule has 3 aromatic carbocycles. The van der Waals surface area contributed by atoms with Gasteiger partial charge in [0.25, 0.3) is 10.1 Å². The minimum Gasteiger partial charge on any atom is -0.493 e. The number of para-hydroxylation sites is 2. The van der Waals surface area contributed by atoms with Crippen molar-refractivity contribution < 1.29 is 40.7 Å². The summed E-state index contributed by atoms with van der Waals surface area (Å²) in [4.78, 5) is 23.6. The SMILES string of the molecule is CCOCCn1c(NC2CCN(CCC3(Cc4ccc(F)cc4)C(=O)N(Cc4cc(OC)c(OC)c(OC)c4)CC3OS(C)(=O)=O)CC2)nc2ccccc21. The van der Waals surface area contributed by atoms with Crippen LogP contribution in [0.5, 0.6) is 17.2 Å². The lowest BCUT2D eigenvalue weighted by molar-refractivity contribution is -0.138. The minimum absolute atomic E-state index is 0.0417.